The van der Waals surface area contributed by atoms with Gasteiger partial charge in [-0.15, -0.1) is 11.8 Å². The van der Waals surface area contributed by atoms with Crippen molar-refractivity contribution >= 4 is 27.7 Å². The fourth-order valence-corrected chi connectivity index (χ4v) is 2.61. The minimum absolute atomic E-state index is 0.412. The van der Waals surface area contributed by atoms with Crippen LogP contribution in [0.4, 0.5) is 0 Å². The van der Waals surface area contributed by atoms with E-state index in [1.54, 1.807) is 11.8 Å². The molecule has 2 rings (SSSR count). The van der Waals surface area contributed by atoms with Gasteiger partial charge in [-0.1, -0.05) is 46.3 Å². The molecule has 2 aromatic carbocycles. The summed E-state index contributed by atoms with van der Waals surface area (Å²) in [6.07, 6.45) is -0.412. The van der Waals surface area contributed by atoms with Crippen LogP contribution in [0.5, 0.6) is 0 Å². The van der Waals surface area contributed by atoms with Crippen molar-refractivity contribution < 1.29 is 5.11 Å². The second-order valence-electron chi connectivity index (χ2n) is 3.69. The zero-order valence-corrected chi connectivity index (χ0v) is 11.6. The molecule has 0 heterocycles. The third kappa shape index (κ3) is 3.87. The zero-order chi connectivity index (χ0) is 12.1. The third-order valence-corrected chi connectivity index (χ3v) is 4.02. The van der Waals surface area contributed by atoms with Gasteiger partial charge in [0.1, 0.15) is 0 Å². The largest absolute Gasteiger partial charge is 0.388 e. The number of benzene rings is 2. The van der Waals surface area contributed by atoms with Crippen LogP contribution in [-0.4, -0.2) is 10.9 Å². The molecule has 88 valence electrons. The lowest BCUT2D eigenvalue weighted by molar-refractivity contribution is 0.204. The molecule has 3 heteroatoms. The first-order valence-electron chi connectivity index (χ1n) is 5.37. The molecule has 0 amide bonds. The highest BCUT2D eigenvalue weighted by atomic mass is 79.9. The molecule has 0 bridgehead atoms. The van der Waals surface area contributed by atoms with Crippen molar-refractivity contribution in [3.05, 3.63) is 64.6 Å². The number of thioether (sulfide) groups is 1. The first kappa shape index (κ1) is 12.7. The Hall–Kier alpha value is -0.770. The number of hydrogen-bond acceptors (Lipinski definition) is 2. The Morgan fingerprint density at radius 1 is 1.00 bits per heavy atom. The summed E-state index contributed by atoms with van der Waals surface area (Å²) in [6, 6.07) is 17.9. The van der Waals surface area contributed by atoms with Crippen molar-refractivity contribution in [3.8, 4) is 0 Å². The number of halogens is 1. The molecule has 0 aromatic heterocycles. The van der Waals surface area contributed by atoms with Gasteiger partial charge in [0.2, 0.25) is 0 Å². The van der Waals surface area contributed by atoms with Crippen LogP contribution in [0.1, 0.15) is 11.7 Å². The lowest BCUT2D eigenvalue weighted by Gasteiger charge is -2.10. The predicted molar refractivity (Wildman–Crippen MR) is 76.3 cm³/mol. The summed E-state index contributed by atoms with van der Waals surface area (Å²) in [5, 5.41) is 10.0. The molecule has 0 spiro atoms. The van der Waals surface area contributed by atoms with Crippen LogP contribution in [0.2, 0.25) is 0 Å². The molecule has 1 atom stereocenters. The molecule has 1 unspecified atom stereocenters. The Bertz CT molecular complexity index is 455. The second-order valence-corrected chi connectivity index (χ2v) is 5.70. The summed E-state index contributed by atoms with van der Waals surface area (Å²) >= 11 is 5.06. The van der Waals surface area contributed by atoms with Gasteiger partial charge in [0, 0.05) is 15.1 Å². The summed E-state index contributed by atoms with van der Waals surface area (Å²) in [7, 11) is 0. The van der Waals surface area contributed by atoms with Gasteiger partial charge >= 0.3 is 0 Å². The molecule has 1 N–H and O–H groups in total. The molecular weight excluding hydrogens is 296 g/mol. The van der Waals surface area contributed by atoms with Crippen LogP contribution in [-0.2, 0) is 0 Å². The van der Waals surface area contributed by atoms with E-state index in [0.717, 1.165) is 10.0 Å². The highest BCUT2D eigenvalue weighted by molar-refractivity contribution is 9.10. The number of rotatable bonds is 4. The molecule has 0 aliphatic rings. The van der Waals surface area contributed by atoms with E-state index < -0.39 is 6.10 Å². The van der Waals surface area contributed by atoms with Gasteiger partial charge in [-0.25, -0.2) is 0 Å². The van der Waals surface area contributed by atoms with Crippen molar-refractivity contribution in [2.45, 2.75) is 11.0 Å². The van der Waals surface area contributed by atoms with Crippen molar-refractivity contribution in [3.63, 3.8) is 0 Å². The average Bonchev–Trinajstić information content (AvgIpc) is 2.39. The van der Waals surface area contributed by atoms with Gasteiger partial charge in [-0.3, -0.25) is 0 Å². The van der Waals surface area contributed by atoms with Gasteiger partial charge in [-0.05, 0) is 29.8 Å². The Morgan fingerprint density at radius 3 is 2.29 bits per heavy atom. The van der Waals surface area contributed by atoms with Crippen LogP contribution >= 0.6 is 27.7 Å². The first-order valence-corrected chi connectivity index (χ1v) is 7.15. The maximum absolute atomic E-state index is 10.0. The first-order chi connectivity index (χ1) is 8.25. The van der Waals surface area contributed by atoms with Gasteiger partial charge in [0.15, 0.2) is 0 Å². The SMILES string of the molecule is OC(CSc1ccc(Br)cc1)c1ccccc1. The van der Waals surface area contributed by atoms with E-state index in [1.807, 2.05) is 54.6 Å². The molecule has 0 aliphatic heterocycles. The number of aliphatic hydroxyl groups excluding tert-OH is 1. The molecule has 0 aliphatic carbocycles. The lowest BCUT2D eigenvalue weighted by Crippen LogP contribution is -1.99. The molecule has 0 radical (unpaired) electrons. The van der Waals surface area contributed by atoms with Crippen LogP contribution in [0.25, 0.3) is 0 Å². The summed E-state index contributed by atoms with van der Waals surface area (Å²) in [4.78, 5) is 1.17. The smallest absolute Gasteiger partial charge is 0.0883 e. The van der Waals surface area contributed by atoms with Crippen molar-refractivity contribution in [2.24, 2.45) is 0 Å². The quantitative estimate of drug-likeness (QED) is 0.851. The van der Waals surface area contributed by atoms with E-state index >= 15 is 0 Å². The van der Waals surface area contributed by atoms with Crippen LogP contribution in [0.3, 0.4) is 0 Å². The Labute approximate surface area is 114 Å². The molecule has 1 nitrogen and oxygen atoms in total. The molecule has 2 aromatic rings. The second kappa shape index (κ2) is 6.24. The monoisotopic (exact) mass is 308 g/mol. The summed E-state index contributed by atoms with van der Waals surface area (Å²) < 4.78 is 1.07. The average molecular weight is 309 g/mol. The maximum atomic E-state index is 10.0. The maximum Gasteiger partial charge on any atom is 0.0883 e. The molecule has 0 saturated carbocycles. The highest BCUT2D eigenvalue weighted by Crippen LogP contribution is 2.25. The van der Waals surface area contributed by atoms with Gasteiger partial charge in [0.25, 0.3) is 0 Å². The van der Waals surface area contributed by atoms with Crippen LogP contribution in [0, 0.1) is 0 Å². The normalized spacial score (nSPS) is 12.4. The van der Waals surface area contributed by atoms with Gasteiger partial charge in [0.05, 0.1) is 6.10 Å². The fraction of sp³-hybridized carbons (Fsp3) is 0.143. The van der Waals surface area contributed by atoms with E-state index in [9.17, 15) is 5.11 Å². The Kier molecular flexibility index (Phi) is 4.66. The van der Waals surface area contributed by atoms with Gasteiger partial charge < -0.3 is 5.11 Å². The number of hydrogen-bond donors (Lipinski definition) is 1. The molecule has 17 heavy (non-hydrogen) atoms. The standard InChI is InChI=1S/C14H13BrOS/c15-12-6-8-13(9-7-12)17-10-14(16)11-4-2-1-3-5-11/h1-9,14,16H,10H2. The number of aliphatic hydroxyl groups is 1. The van der Waals surface area contributed by atoms with Crippen LogP contribution < -0.4 is 0 Å². The van der Waals surface area contributed by atoms with E-state index in [4.69, 9.17) is 0 Å². The topological polar surface area (TPSA) is 20.2 Å². The molecule has 0 fully saturated rings. The third-order valence-electron chi connectivity index (χ3n) is 2.41. The van der Waals surface area contributed by atoms with E-state index in [1.165, 1.54) is 4.90 Å². The van der Waals surface area contributed by atoms with E-state index in [2.05, 4.69) is 15.9 Å². The Balaban J connectivity index is 1.92. The zero-order valence-electron chi connectivity index (χ0n) is 9.21. The summed E-state index contributed by atoms with van der Waals surface area (Å²) in [5.74, 6) is 0.672. The molecule has 0 saturated heterocycles. The Morgan fingerprint density at radius 2 is 1.65 bits per heavy atom. The summed E-state index contributed by atoms with van der Waals surface area (Å²) in [6.45, 7) is 0. The summed E-state index contributed by atoms with van der Waals surface area (Å²) in [5.41, 5.74) is 0.970. The van der Waals surface area contributed by atoms with Crippen LogP contribution in [0.15, 0.2) is 64.0 Å². The minimum Gasteiger partial charge on any atom is -0.388 e. The lowest BCUT2D eigenvalue weighted by atomic mass is 10.1. The van der Waals surface area contributed by atoms with Crippen molar-refractivity contribution in [1.82, 2.24) is 0 Å². The van der Waals surface area contributed by atoms with Crippen molar-refractivity contribution in [2.75, 3.05) is 5.75 Å². The van der Waals surface area contributed by atoms with Gasteiger partial charge in [-0.2, -0.15) is 0 Å². The fourth-order valence-electron chi connectivity index (χ4n) is 1.48. The predicted octanol–water partition coefficient (Wildman–Crippen LogP) is 4.27. The van der Waals surface area contributed by atoms with Crippen molar-refractivity contribution in [1.29, 1.82) is 0 Å². The highest BCUT2D eigenvalue weighted by Gasteiger charge is 2.07. The minimum atomic E-state index is -0.412. The molecular formula is C14H13BrOS. The van der Waals surface area contributed by atoms with E-state index in [0.29, 0.717) is 5.75 Å². The van der Waals surface area contributed by atoms with E-state index in [-0.39, 0.29) is 0 Å².